The number of aliphatic hydroxyl groups is 1. The second-order valence-electron chi connectivity index (χ2n) is 4.38. The summed E-state index contributed by atoms with van der Waals surface area (Å²) in [4.78, 5) is 0. The lowest BCUT2D eigenvalue weighted by molar-refractivity contribution is 0.190. The number of ether oxygens (including phenoxy) is 1. The molecule has 0 aliphatic heterocycles. The van der Waals surface area contributed by atoms with Crippen molar-refractivity contribution in [1.82, 2.24) is 0 Å². The number of rotatable bonds is 4. The average molecular weight is 376 g/mol. The summed E-state index contributed by atoms with van der Waals surface area (Å²) in [6, 6.07) is 10.7. The van der Waals surface area contributed by atoms with E-state index < -0.39 is 6.10 Å². The van der Waals surface area contributed by atoms with Crippen LogP contribution in [0.15, 0.2) is 40.9 Å². The van der Waals surface area contributed by atoms with Gasteiger partial charge in [-0.3, -0.25) is 0 Å². The molecule has 0 heterocycles. The van der Waals surface area contributed by atoms with Crippen LogP contribution < -0.4 is 4.74 Å². The Morgan fingerprint density at radius 1 is 1.20 bits per heavy atom. The minimum absolute atomic E-state index is 0.287. The summed E-state index contributed by atoms with van der Waals surface area (Å²) in [5.74, 6) is 0.616. The molecule has 0 aliphatic rings. The van der Waals surface area contributed by atoms with Gasteiger partial charge in [-0.2, -0.15) is 0 Å². The van der Waals surface area contributed by atoms with E-state index in [-0.39, 0.29) is 6.61 Å². The van der Waals surface area contributed by atoms with E-state index in [1.165, 1.54) is 0 Å². The zero-order valence-corrected chi connectivity index (χ0v) is 13.8. The first-order valence-corrected chi connectivity index (χ1v) is 7.56. The summed E-state index contributed by atoms with van der Waals surface area (Å²) >= 11 is 15.4. The number of aliphatic hydroxyl groups excluding tert-OH is 1. The van der Waals surface area contributed by atoms with Crippen LogP contribution in [0, 0.1) is 0 Å². The van der Waals surface area contributed by atoms with Gasteiger partial charge in [0, 0.05) is 25.6 Å². The van der Waals surface area contributed by atoms with E-state index in [0.717, 1.165) is 15.6 Å². The molecule has 0 fully saturated rings. The molecule has 0 saturated carbocycles. The zero-order chi connectivity index (χ0) is 14.7. The molecule has 0 bridgehead atoms. The molecule has 0 spiro atoms. The first kappa shape index (κ1) is 15.6. The van der Waals surface area contributed by atoms with Gasteiger partial charge in [-0.05, 0) is 37.3 Å². The highest BCUT2D eigenvalue weighted by Crippen LogP contribution is 2.30. The Morgan fingerprint density at radius 3 is 2.65 bits per heavy atom. The van der Waals surface area contributed by atoms with Gasteiger partial charge < -0.3 is 9.84 Å². The lowest BCUT2D eigenvalue weighted by atomic mass is 10.1. The molecule has 1 atom stereocenters. The molecule has 5 heteroatoms. The molecule has 106 valence electrons. The second kappa shape index (κ2) is 6.81. The van der Waals surface area contributed by atoms with Gasteiger partial charge in [0.2, 0.25) is 0 Å². The first-order valence-electron chi connectivity index (χ1n) is 6.01. The highest BCUT2D eigenvalue weighted by molar-refractivity contribution is 9.10. The van der Waals surface area contributed by atoms with Crippen molar-refractivity contribution in [3.05, 3.63) is 62.0 Å². The highest BCUT2D eigenvalue weighted by atomic mass is 79.9. The largest absolute Gasteiger partial charge is 0.488 e. The summed E-state index contributed by atoms with van der Waals surface area (Å²) in [6.45, 7) is 1.98. The minimum Gasteiger partial charge on any atom is -0.488 e. The molecule has 2 nitrogen and oxygen atoms in total. The summed E-state index contributed by atoms with van der Waals surface area (Å²) in [5, 5.41) is 11.0. The van der Waals surface area contributed by atoms with Crippen LogP contribution in [-0.2, 0) is 6.61 Å². The Hall–Kier alpha value is -0.740. The van der Waals surface area contributed by atoms with Crippen molar-refractivity contribution in [2.24, 2.45) is 0 Å². The van der Waals surface area contributed by atoms with Gasteiger partial charge in [-0.1, -0.05) is 45.2 Å². The third kappa shape index (κ3) is 3.89. The molecule has 2 aromatic carbocycles. The Balaban J connectivity index is 2.22. The average Bonchev–Trinajstić information content (AvgIpc) is 2.39. The fraction of sp³-hybridized carbons (Fsp3) is 0.200. The quantitative estimate of drug-likeness (QED) is 0.776. The molecule has 0 aromatic heterocycles. The van der Waals surface area contributed by atoms with Crippen LogP contribution in [0.2, 0.25) is 10.0 Å². The molecule has 2 aromatic rings. The van der Waals surface area contributed by atoms with Crippen LogP contribution in [0.3, 0.4) is 0 Å². The van der Waals surface area contributed by atoms with Gasteiger partial charge in [0.25, 0.3) is 0 Å². The lowest BCUT2D eigenvalue weighted by Gasteiger charge is -2.14. The maximum absolute atomic E-state index is 9.75. The van der Waals surface area contributed by atoms with Crippen molar-refractivity contribution in [3.63, 3.8) is 0 Å². The summed E-state index contributed by atoms with van der Waals surface area (Å²) in [7, 11) is 0. The van der Waals surface area contributed by atoms with Crippen LogP contribution in [0.4, 0.5) is 0 Å². The van der Waals surface area contributed by atoms with Crippen molar-refractivity contribution in [3.8, 4) is 5.75 Å². The second-order valence-corrected chi connectivity index (χ2v) is 6.14. The maximum Gasteiger partial charge on any atom is 0.126 e. The Morgan fingerprint density at radius 2 is 1.95 bits per heavy atom. The third-order valence-corrected chi connectivity index (χ3v) is 3.91. The van der Waals surface area contributed by atoms with Crippen LogP contribution in [0.25, 0.3) is 0 Å². The van der Waals surface area contributed by atoms with Crippen molar-refractivity contribution >= 4 is 39.1 Å². The summed E-state index contributed by atoms with van der Waals surface area (Å²) < 4.78 is 6.65. The van der Waals surface area contributed by atoms with E-state index in [1.807, 2.05) is 18.2 Å². The molecule has 0 aliphatic carbocycles. The standard InChI is InChI=1S/C15H13BrCl2O2/c1-9(19)13-4-2-11(16)7-15(13)20-8-10-6-12(17)3-5-14(10)18/h2-7,9,19H,8H2,1H3/t9-/m1/s1. The predicted molar refractivity (Wildman–Crippen MR) is 85.6 cm³/mol. The maximum atomic E-state index is 9.75. The van der Waals surface area contributed by atoms with Crippen LogP contribution in [-0.4, -0.2) is 5.11 Å². The predicted octanol–water partition coefficient (Wildman–Crippen LogP) is 5.39. The van der Waals surface area contributed by atoms with Gasteiger partial charge in [0.1, 0.15) is 12.4 Å². The number of benzene rings is 2. The van der Waals surface area contributed by atoms with E-state index in [2.05, 4.69) is 15.9 Å². The van der Waals surface area contributed by atoms with E-state index in [0.29, 0.717) is 15.8 Å². The van der Waals surface area contributed by atoms with Crippen molar-refractivity contribution < 1.29 is 9.84 Å². The first-order chi connectivity index (χ1) is 9.47. The van der Waals surface area contributed by atoms with E-state index >= 15 is 0 Å². The van der Waals surface area contributed by atoms with Gasteiger partial charge in [0.05, 0.1) is 6.10 Å². The molecule has 20 heavy (non-hydrogen) atoms. The molecule has 0 saturated heterocycles. The molecule has 1 N–H and O–H groups in total. The molecule has 2 rings (SSSR count). The third-order valence-electron chi connectivity index (χ3n) is 2.82. The van der Waals surface area contributed by atoms with Crippen LogP contribution >= 0.6 is 39.1 Å². The topological polar surface area (TPSA) is 29.5 Å². The summed E-state index contributed by atoms with van der Waals surface area (Å²) in [6.07, 6.45) is -0.604. The number of halogens is 3. The lowest BCUT2D eigenvalue weighted by Crippen LogP contribution is -2.01. The molecule has 0 amide bonds. The van der Waals surface area contributed by atoms with E-state index in [9.17, 15) is 5.11 Å². The van der Waals surface area contributed by atoms with Crippen molar-refractivity contribution in [1.29, 1.82) is 0 Å². The number of hydrogen-bond acceptors (Lipinski definition) is 2. The molecular formula is C15H13BrCl2O2. The van der Waals surface area contributed by atoms with E-state index in [1.54, 1.807) is 25.1 Å². The van der Waals surface area contributed by atoms with Crippen LogP contribution in [0.1, 0.15) is 24.2 Å². The van der Waals surface area contributed by atoms with Crippen LogP contribution in [0.5, 0.6) is 5.75 Å². The number of hydrogen-bond donors (Lipinski definition) is 1. The zero-order valence-electron chi connectivity index (χ0n) is 10.7. The smallest absolute Gasteiger partial charge is 0.126 e. The SMILES string of the molecule is C[C@@H](O)c1ccc(Br)cc1OCc1cc(Cl)ccc1Cl. The molecule has 0 unspecified atom stereocenters. The van der Waals surface area contributed by atoms with Gasteiger partial charge in [0.15, 0.2) is 0 Å². The fourth-order valence-electron chi connectivity index (χ4n) is 1.79. The minimum atomic E-state index is -0.604. The monoisotopic (exact) mass is 374 g/mol. The van der Waals surface area contributed by atoms with Gasteiger partial charge >= 0.3 is 0 Å². The molecular weight excluding hydrogens is 363 g/mol. The van der Waals surface area contributed by atoms with Crippen molar-refractivity contribution in [2.75, 3.05) is 0 Å². The van der Waals surface area contributed by atoms with Gasteiger partial charge in [-0.15, -0.1) is 0 Å². The Bertz CT molecular complexity index is 615. The fourth-order valence-corrected chi connectivity index (χ4v) is 2.49. The molecule has 0 radical (unpaired) electrons. The Kier molecular flexibility index (Phi) is 5.33. The van der Waals surface area contributed by atoms with Gasteiger partial charge in [-0.25, -0.2) is 0 Å². The normalized spacial score (nSPS) is 12.2. The van der Waals surface area contributed by atoms with Crippen molar-refractivity contribution in [2.45, 2.75) is 19.6 Å². The highest BCUT2D eigenvalue weighted by Gasteiger charge is 2.11. The van der Waals surface area contributed by atoms with E-state index in [4.69, 9.17) is 27.9 Å². The summed E-state index contributed by atoms with van der Waals surface area (Å²) in [5.41, 5.74) is 1.53. The Labute approximate surface area is 136 Å².